The van der Waals surface area contributed by atoms with Crippen molar-refractivity contribution in [2.24, 2.45) is 0 Å². The van der Waals surface area contributed by atoms with Crippen molar-refractivity contribution in [3.05, 3.63) is 45.4 Å². The van der Waals surface area contributed by atoms with Gasteiger partial charge in [-0.05, 0) is 24.1 Å². The number of nitrogens with one attached hydrogen (secondary N) is 1. The van der Waals surface area contributed by atoms with Crippen LogP contribution in [0, 0.1) is 0 Å². The molecule has 0 unspecified atom stereocenters. The van der Waals surface area contributed by atoms with Gasteiger partial charge >= 0.3 is 5.97 Å². The van der Waals surface area contributed by atoms with Crippen LogP contribution >= 0.6 is 11.3 Å². The van der Waals surface area contributed by atoms with Gasteiger partial charge in [-0.25, -0.2) is 4.79 Å². The Hall–Kier alpha value is -2.28. The highest BCUT2D eigenvalue weighted by molar-refractivity contribution is 7.11. The lowest BCUT2D eigenvalue weighted by Crippen LogP contribution is -2.22. The quantitative estimate of drug-likeness (QED) is 0.838. The Labute approximate surface area is 144 Å². The van der Waals surface area contributed by atoms with E-state index in [0.29, 0.717) is 19.4 Å². The summed E-state index contributed by atoms with van der Waals surface area (Å²) in [6, 6.07) is 6.56. The monoisotopic (exact) mass is 347 g/mol. The van der Waals surface area contributed by atoms with Crippen molar-refractivity contribution < 1.29 is 14.7 Å². The van der Waals surface area contributed by atoms with Crippen LogP contribution in [0.1, 0.15) is 53.1 Å². The number of aromatic carboxylic acids is 1. The van der Waals surface area contributed by atoms with Gasteiger partial charge in [-0.3, -0.25) is 4.79 Å². The van der Waals surface area contributed by atoms with Gasteiger partial charge in [0.25, 0.3) is 0 Å². The number of benzene rings is 1. The second-order valence-corrected chi connectivity index (χ2v) is 7.59. The molecule has 2 aromatic rings. The fraction of sp³-hybridized carbons (Fsp3) is 0.412. The first-order chi connectivity index (χ1) is 11.3. The largest absolute Gasteiger partial charge is 0.478 e. The van der Waals surface area contributed by atoms with Crippen LogP contribution in [0.2, 0.25) is 0 Å². The van der Waals surface area contributed by atoms with Crippen LogP contribution in [0.15, 0.2) is 24.3 Å². The first-order valence-electron chi connectivity index (χ1n) is 7.67. The molecule has 0 spiro atoms. The molecular weight excluding hydrogens is 326 g/mol. The zero-order chi connectivity index (χ0) is 17.7. The Morgan fingerprint density at radius 3 is 2.38 bits per heavy atom. The standard InChI is InChI=1S/C17H21N3O3S/c1-17(2,3)16-20-19-14(24-16)10-18-13(21)9-6-11-4-7-12(8-5-11)15(22)23/h4-5,7-8H,6,9-10H2,1-3H3,(H,18,21)(H,22,23). The maximum atomic E-state index is 11.9. The third kappa shape index (κ3) is 5.13. The molecule has 0 bridgehead atoms. The van der Waals surface area contributed by atoms with Crippen molar-refractivity contribution in [3.8, 4) is 0 Å². The molecule has 0 saturated carbocycles. The van der Waals surface area contributed by atoms with Crippen molar-refractivity contribution in [2.45, 2.75) is 45.6 Å². The normalized spacial score (nSPS) is 11.3. The number of aromatic nitrogens is 2. The molecule has 1 heterocycles. The van der Waals surface area contributed by atoms with E-state index >= 15 is 0 Å². The molecule has 0 saturated heterocycles. The molecule has 6 nitrogen and oxygen atoms in total. The molecule has 1 amide bonds. The summed E-state index contributed by atoms with van der Waals surface area (Å²) >= 11 is 1.51. The number of nitrogens with zero attached hydrogens (tertiary/aromatic N) is 2. The summed E-state index contributed by atoms with van der Waals surface area (Å²) in [4.78, 5) is 22.7. The Morgan fingerprint density at radius 1 is 1.17 bits per heavy atom. The number of hydrogen-bond donors (Lipinski definition) is 2. The summed E-state index contributed by atoms with van der Waals surface area (Å²) < 4.78 is 0. The van der Waals surface area contributed by atoms with E-state index in [1.165, 1.54) is 11.3 Å². The maximum Gasteiger partial charge on any atom is 0.335 e. The van der Waals surface area contributed by atoms with Gasteiger partial charge < -0.3 is 10.4 Å². The third-order valence-corrected chi connectivity index (χ3v) is 4.74. The van der Waals surface area contributed by atoms with E-state index in [1.54, 1.807) is 24.3 Å². The number of aryl methyl sites for hydroxylation is 1. The van der Waals surface area contributed by atoms with Gasteiger partial charge in [0, 0.05) is 11.8 Å². The van der Waals surface area contributed by atoms with Crippen LogP contribution < -0.4 is 5.32 Å². The highest BCUT2D eigenvalue weighted by Crippen LogP contribution is 2.25. The smallest absolute Gasteiger partial charge is 0.335 e. The minimum atomic E-state index is -0.953. The SMILES string of the molecule is CC(C)(C)c1nnc(CNC(=O)CCc2ccc(C(=O)O)cc2)s1. The summed E-state index contributed by atoms with van der Waals surface area (Å²) in [7, 11) is 0. The number of amides is 1. The zero-order valence-electron chi connectivity index (χ0n) is 14.0. The molecular formula is C17H21N3O3S. The first kappa shape index (κ1) is 18.1. The van der Waals surface area contributed by atoms with E-state index < -0.39 is 5.97 Å². The van der Waals surface area contributed by atoms with Crippen molar-refractivity contribution in [1.29, 1.82) is 0 Å². The fourth-order valence-corrected chi connectivity index (χ4v) is 2.80. The van der Waals surface area contributed by atoms with Crippen LogP contribution in [0.25, 0.3) is 0 Å². The van der Waals surface area contributed by atoms with E-state index in [-0.39, 0.29) is 16.9 Å². The predicted octanol–water partition coefficient (Wildman–Crippen LogP) is 2.78. The molecule has 7 heteroatoms. The first-order valence-corrected chi connectivity index (χ1v) is 8.49. The second kappa shape index (κ2) is 7.53. The lowest BCUT2D eigenvalue weighted by atomic mass is 9.98. The van der Waals surface area contributed by atoms with Gasteiger partial charge in [0.15, 0.2) is 0 Å². The van der Waals surface area contributed by atoms with Gasteiger partial charge in [-0.1, -0.05) is 44.2 Å². The van der Waals surface area contributed by atoms with Crippen LogP contribution in [0.3, 0.4) is 0 Å². The third-order valence-electron chi connectivity index (χ3n) is 3.39. The molecule has 2 N–H and O–H groups in total. The van der Waals surface area contributed by atoms with Crippen molar-refractivity contribution >= 4 is 23.2 Å². The van der Waals surface area contributed by atoms with E-state index in [1.807, 2.05) is 0 Å². The summed E-state index contributed by atoms with van der Waals surface area (Å²) in [6.07, 6.45) is 0.909. The zero-order valence-corrected chi connectivity index (χ0v) is 14.8. The summed E-state index contributed by atoms with van der Waals surface area (Å²) in [5.41, 5.74) is 1.14. The van der Waals surface area contributed by atoms with Crippen molar-refractivity contribution in [2.75, 3.05) is 0 Å². The molecule has 0 fully saturated rings. The van der Waals surface area contributed by atoms with E-state index in [9.17, 15) is 9.59 Å². The highest BCUT2D eigenvalue weighted by Gasteiger charge is 2.19. The Balaban J connectivity index is 1.79. The van der Waals surface area contributed by atoms with Crippen LogP contribution in [-0.4, -0.2) is 27.2 Å². The number of carbonyl (C=O) groups is 2. The molecule has 0 aliphatic carbocycles. The maximum absolute atomic E-state index is 11.9. The van der Waals surface area contributed by atoms with Gasteiger partial charge in [-0.15, -0.1) is 10.2 Å². The lowest BCUT2D eigenvalue weighted by Gasteiger charge is -2.12. The molecule has 2 rings (SSSR count). The Bertz CT molecular complexity index is 717. The van der Waals surface area contributed by atoms with Gasteiger partial charge in [0.05, 0.1) is 12.1 Å². The topological polar surface area (TPSA) is 92.2 Å². The molecule has 0 atom stereocenters. The van der Waals surface area contributed by atoms with Gasteiger partial charge in [0.2, 0.25) is 5.91 Å². The van der Waals surface area contributed by atoms with Crippen LogP contribution in [-0.2, 0) is 23.2 Å². The lowest BCUT2D eigenvalue weighted by molar-refractivity contribution is -0.121. The van der Waals surface area contributed by atoms with E-state index in [4.69, 9.17) is 5.11 Å². The van der Waals surface area contributed by atoms with E-state index in [2.05, 4.69) is 36.3 Å². The molecule has 1 aromatic carbocycles. The minimum Gasteiger partial charge on any atom is -0.478 e. The van der Waals surface area contributed by atoms with Crippen molar-refractivity contribution in [3.63, 3.8) is 0 Å². The van der Waals surface area contributed by atoms with Gasteiger partial charge in [-0.2, -0.15) is 0 Å². The van der Waals surface area contributed by atoms with E-state index in [0.717, 1.165) is 15.6 Å². The van der Waals surface area contributed by atoms with Gasteiger partial charge in [0.1, 0.15) is 10.0 Å². The molecule has 24 heavy (non-hydrogen) atoms. The molecule has 0 aliphatic rings. The van der Waals surface area contributed by atoms with Crippen LogP contribution in [0.4, 0.5) is 0 Å². The number of carbonyl (C=O) groups excluding carboxylic acids is 1. The average molecular weight is 347 g/mol. The number of carboxylic acids is 1. The van der Waals surface area contributed by atoms with Crippen LogP contribution in [0.5, 0.6) is 0 Å². The predicted molar refractivity (Wildman–Crippen MR) is 92.2 cm³/mol. The summed E-state index contributed by atoms with van der Waals surface area (Å²) in [5.74, 6) is -1.02. The van der Waals surface area contributed by atoms with Crippen molar-refractivity contribution in [1.82, 2.24) is 15.5 Å². The summed E-state index contributed by atoms with van der Waals surface area (Å²) in [6.45, 7) is 6.60. The number of carboxylic acid groups (broad SMARTS) is 1. The molecule has 1 aromatic heterocycles. The number of rotatable bonds is 6. The molecule has 0 aliphatic heterocycles. The Kier molecular flexibility index (Phi) is 5.66. The minimum absolute atomic E-state index is 0.0396. The molecule has 0 radical (unpaired) electrons. The summed E-state index contributed by atoms with van der Waals surface area (Å²) in [5, 5.41) is 21.7. The average Bonchev–Trinajstić information content (AvgIpc) is 3.00. The number of hydrogen-bond acceptors (Lipinski definition) is 5. The Morgan fingerprint density at radius 2 is 1.83 bits per heavy atom. The second-order valence-electron chi connectivity index (χ2n) is 6.53. The fourth-order valence-electron chi connectivity index (χ4n) is 1.96. The highest BCUT2D eigenvalue weighted by atomic mass is 32.1. The molecule has 128 valence electrons.